The number of benzene rings is 2. The van der Waals surface area contributed by atoms with E-state index in [1.165, 1.54) is 43.0 Å². The molecule has 0 spiro atoms. The molecule has 0 radical (unpaired) electrons. The van der Waals surface area contributed by atoms with Gasteiger partial charge in [0.1, 0.15) is 22.1 Å². The summed E-state index contributed by atoms with van der Waals surface area (Å²) < 4.78 is 18.9. The van der Waals surface area contributed by atoms with Gasteiger partial charge in [-0.05, 0) is 48.2 Å². The highest BCUT2D eigenvalue weighted by molar-refractivity contribution is 7.16. The smallest absolute Gasteiger partial charge is 0.114 e. The molecule has 0 atom stereocenters. The SMILES string of the molecule is CC(C)c1ccc(-c2cc3c(cc(-c4ccc(C(C)C)s4)c4nsnc43)c3nsnc23)s1. The lowest BCUT2D eigenvalue weighted by Gasteiger charge is -2.08. The standard InChI is InChI=1S/C24H20N4S4/c1-11(2)17-5-7-19(29-17)15-9-13-14(21-23(15)27-31-25-21)10-16(24-22(13)26-32-28-24)20-8-6-18(30-20)12(3)4/h5-12H,1-4H3. The fraction of sp³-hybridized carbons (Fsp3) is 0.250. The normalized spacial score (nSPS) is 12.3. The number of aromatic nitrogens is 4. The highest BCUT2D eigenvalue weighted by Gasteiger charge is 2.20. The van der Waals surface area contributed by atoms with Crippen molar-refractivity contribution in [1.82, 2.24) is 17.5 Å². The van der Waals surface area contributed by atoms with Gasteiger partial charge in [0.05, 0.1) is 23.5 Å². The van der Waals surface area contributed by atoms with Crippen molar-refractivity contribution >= 4 is 79.0 Å². The third kappa shape index (κ3) is 3.12. The summed E-state index contributed by atoms with van der Waals surface area (Å²) in [6, 6.07) is 13.4. The van der Waals surface area contributed by atoms with Gasteiger partial charge in [-0.15, -0.1) is 22.7 Å². The van der Waals surface area contributed by atoms with Crippen molar-refractivity contribution in [2.45, 2.75) is 39.5 Å². The summed E-state index contributed by atoms with van der Waals surface area (Å²) in [5.74, 6) is 1.02. The molecule has 0 aliphatic carbocycles. The molecule has 4 nitrogen and oxygen atoms in total. The van der Waals surface area contributed by atoms with Gasteiger partial charge in [-0.1, -0.05) is 27.7 Å². The van der Waals surface area contributed by atoms with E-state index in [1.807, 2.05) is 22.7 Å². The second-order valence-corrected chi connectivity index (χ2v) is 11.9. The number of nitrogens with zero attached hydrogens (tertiary/aromatic N) is 4. The molecular formula is C24H20N4S4. The Hall–Kier alpha value is -2.26. The summed E-state index contributed by atoms with van der Waals surface area (Å²) >= 11 is 6.24. The van der Waals surface area contributed by atoms with Crippen LogP contribution in [0.2, 0.25) is 0 Å². The van der Waals surface area contributed by atoms with Crippen LogP contribution >= 0.6 is 46.1 Å². The van der Waals surface area contributed by atoms with Gasteiger partial charge in [0.2, 0.25) is 0 Å². The Kier molecular flexibility index (Phi) is 4.87. The molecule has 32 heavy (non-hydrogen) atoms. The van der Waals surface area contributed by atoms with E-state index in [4.69, 9.17) is 17.5 Å². The van der Waals surface area contributed by atoms with Gasteiger partial charge in [0.15, 0.2) is 0 Å². The molecule has 6 rings (SSSR count). The number of thiophene rings is 2. The van der Waals surface area contributed by atoms with Crippen LogP contribution in [-0.4, -0.2) is 17.5 Å². The van der Waals surface area contributed by atoms with Crippen molar-refractivity contribution in [3.05, 3.63) is 46.2 Å². The predicted octanol–water partition coefficient (Wildman–Crippen LogP) is 8.55. The summed E-state index contributed by atoms with van der Waals surface area (Å²) in [7, 11) is 0. The first kappa shape index (κ1) is 20.4. The van der Waals surface area contributed by atoms with Gasteiger partial charge >= 0.3 is 0 Å². The molecule has 0 unspecified atom stereocenters. The van der Waals surface area contributed by atoms with E-state index >= 15 is 0 Å². The molecular weight excluding hydrogens is 473 g/mol. The summed E-state index contributed by atoms with van der Waals surface area (Å²) in [6.45, 7) is 8.93. The minimum Gasteiger partial charge on any atom is -0.172 e. The van der Waals surface area contributed by atoms with Crippen LogP contribution in [0.3, 0.4) is 0 Å². The largest absolute Gasteiger partial charge is 0.172 e. The molecule has 8 heteroatoms. The van der Waals surface area contributed by atoms with Crippen molar-refractivity contribution in [3.63, 3.8) is 0 Å². The van der Waals surface area contributed by atoms with Gasteiger partial charge in [-0.3, -0.25) is 0 Å². The first-order chi connectivity index (χ1) is 15.5. The van der Waals surface area contributed by atoms with Crippen LogP contribution in [0.25, 0.3) is 53.7 Å². The van der Waals surface area contributed by atoms with Crippen LogP contribution in [0.1, 0.15) is 49.3 Å². The lowest BCUT2D eigenvalue weighted by atomic mass is 9.98. The molecule has 4 aromatic heterocycles. The van der Waals surface area contributed by atoms with Crippen molar-refractivity contribution in [3.8, 4) is 20.9 Å². The maximum absolute atomic E-state index is 4.73. The lowest BCUT2D eigenvalue weighted by Crippen LogP contribution is -1.86. The second-order valence-electron chi connectivity index (χ2n) is 8.58. The van der Waals surface area contributed by atoms with E-state index < -0.39 is 0 Å². The number of rotatable bonds is 4. The minimum absolute atomic E-state index is 0.511. The summed E-state index contributed by atoms with van der Waals surface area (Å²) in [6.07, 6.45) is 0. The topological polar surface area (TPSA) is 51.6 Å². The van der Waals surface area contributed by atoms with Crippen molar-refractivity contribution in [2.24, 2.45) is 0 Å². The van der Waals surface area contributed by atoms with E-state index in [1.54, 1.807) is 0 Å². The van der Waals surface area contributed by atoms with Crippen molar-refractivity contribution in [2.75, 3.05) is 0 Å². The molecule has 0 aliphatic rings. The van der Waals surface area contributed by atoms with E-state index in [9.17, 15) is 0 Å². The van der Waals surface area contributed by atoms with Crippen LogP contribution in [0, 0.1) is 0 Å². The first-order valence-corrected chi connectivity index (χ1v) is 13.6. The average molecular weight is 493 g/mol. The highest BCUT2D eigenvalue weighted by atomic mass is 32.1. The third-order valence-electron chi connectivity index (χ3n) is 5.79. The van der Waals surface area contributed by atoms with Crippen LogP contribution in [0.15, 0.2) is 36.4 Å². The molecule has 0 N–H and O–H groups in total. The van der Waals surface area contributed by atoms with E-state index in [2.05, 4.69) is 64.1 Å². The Bertz CT molecular complexity index is 1480. The molecule has 0 fully saturated rings. The minimum atomic E-state index is 0.511. The first-order valence-electron chi connectivity index (χ1n) is 10.6. The van der Waals surface area contributed by atoms with Crippen LogP contribution in [0.4, 0.5) is 0 Å². The zero-order valence-electron chi connectivity index (χ0n) is 18.0. The Morgan fingerprint density at radius 3 is 1.34 bits per heavy atom. The number of hydrogen-bond donors (Lipinski definition) is 0. The zero-order chi connectivity index (χ0) is 22.0. The summed E-state index contributed by atoms with van der Waals surface area (Å²) in [5.41, 5.74) is 6.14. The predicted molar refractivity (Wildman–Crippen MR) is 141 cm³/mol. The van der Waals surface area contributed by atoms with E-state index in [-0.39, 0.29) is 0 Å². The summed E-state index contributed by atoms with van der Waals surface area (Å²) in [4.78, 5) is 5.22. The molecule has 2 aromatic carbocycles. The quantitative estimate of drug-likeness (QED) is 0.247. The number of hydrogen-bond acceptors (Lipinski definition) is 8. The van der Waals surface area contributed by atoms with Crippen LogP contribution < -0.4 is 0 Å². The lowest BCUT2D eigenvalue weighted by molar-refractivity contribution is 0.890. The maximum atomic E-state index is 4.73. The molecule has 4 heterocycles. The Balaban J connectivity index is 1.66. The van der Waals surface area contributed by atoms with Crippen molar-refractivity contribution in [1.29, 1.82) is 0 Å². The van der Waals surface area contributed by atoms with Crippen LogP contribution in [-0.2, 0) is 0 Å². The molecule has 6 aromatic rings. The fourth-order valence-corrected chi connectivity index (χ4v) is 7.25. The van der Waals surface area contributed by atoms with E-state index in [0.717, 1.165) is 44.0 Å². The van der Waals surface area contributed by atoms with Gasteiger partial charge in [0.25, 0.3) is 0 Å². The molecule has 160 valence electrons. The fourth-order valence-electron chi connectivity index (χ4n) is 4.05. The van der Waals surface area contributed by atoms with Gasteiger partial charge < -0.3 is 0 Å². The molecule has 0 saturated heterocycles. The monoisotopic (exact) mass is 492 g/mol. The van der Waals surface area contributed by atoms with Crippen molar-refractivity contribution < 1.29 is 0 Å². The Morgan fingerprint density at radius 2 is 0.969 bits per heavy atom. The molecule has 0 bridgehead atoms. The number of fused-ring (bicyclic) bond motifs is 5. The van der Waals surface area contributed by atoms with Gasteiger partial charge in [0, 0.05) is 41.4 Å². The van der Waals surface area contributed by atoms with Gasteiger partial charge in [-0.2, -0.15) is 17.5 Å². The maximum Gasteiger partial charge on any atom is 0.114 e. The third-order valence-corrected chi connectivity index (χ3v) is 9.68. The molecule has 0 amide bonds. The summed E-state index contributed by atoms with van der Waals surface area (Å²) in [5, 5.41) is 2.21. The Labute approximate surface area is 202 Å². The van der Waals surface area contributed by atoms with Gasteiger partial charge in [-0.25, -0.2) is 0 Å². The molecule has 0 aliphatic heterocycles. The molecule has 0 saturated carbocycles. The zero-order valence-corrected chi connectivity index (χ0v) is 21.3. The van der Waals surface area contributed by atoms with Crippen LogP contribution in [0.5, 0.6) is 0 Å². The van der Waals surface area contributed by atoms with E-state index in [0.29, 0.717) is 11.8 Å². The Morgan fingerprint density at radius 1 is 0.562 bits per heavy atom. The highest BCUT2D eigenvalue weighted by Crippen LogP contribution is 2.43. The average Bonchev–Trinajstić information content (AvgIpc) is 3.58. The second kappa shape index (κ2) is 7.66.